The molecular weight excluding hydrogens is 252 g/mol. The van der Waals surface area contributed by atoms with Gasteiger partial charge in [-0.3, -0.25) is 9.59 Å². The van der Waals surface area contributed by atoms with Crippen molar-refractivity contribution in [3.63, 3.8) is 0 Å². The summed E-state index contributed by atoms with van der Waals surface area (Å²) in [5.41, 5.74) is -0.778. The minimum Gasteiger partial charge on any atom is -0.342 e. The molecule has 0 aromatic rings. The van der Waals surface area contributed by atoms with Crippen molar-refractivity contribution < 1.29 is 9.59 Å². The van der Waals surface area contributed by atoms with Gasteiger partial charge in [-0.25, -0.2) is 0 Å². The number of hydrogen-bond donors (Lipinski definition) is 1. The van der Waals surface area contributed by atoms with Crippen LogP contribution in [-0.4, -0.2) is 34.3 Å². The molecule has 1 aliphatic carbocycles. The number of nitrogens with zero attached hydrogens (tertiary/aromatic N) is 1. The maximum Gasteiger partial charge on any atom is 0.248 e. The number of rotatable bonds is 3. The van der Waals surface area contributed by atoms with E-state index in [2.05, 4.69) is 26.1 Å². The SMILES string of the molecule is CCCC(C)(C)N1CCC(=O)NC2(CCCCC2)C1=O. The van der Waals surface area contributed by atoms with E-state index in [4.69, 9.17) is 0 Å². The molecule has 0 atom stereocenters. The Bertz CT molecular complexity index is 384. The molecule has 2 aliphatic rings. The minimum atomic E-state index is -0.614. The van der Waals surface area contributed by atoms with Crippen molar-refractivity contribution >= 4 is 11.8 Å². The van der Waals surface area contributed by atoms with Crippen LogP contribution in [0.25, 0.3) is 0 Å². The van der Waals surface area contributed by atoms with E-state index in [9.17, 15) is 9.59 Å². The van der Waals surface area contributed by atoms with Crippen molar-refractivity contribution in [3.8, 4) is 0 Å². The van der Waals surface area contributed by atoms with E-state index < -0.39 is 5.54 Å². The number of amides is 2. The zero-order valence-corrected chi connectivity index (χ0v) is 13.1. The van der Waals surface area contributed by atoms with Crippen molar-refractivity contribution in [2.75, 3.05) is 6.54 Å². The smallest absolute Gasteiger partial charge is 0.248 e. The van der Waals surface area contributed by atoms with Gasteiger partial charge in [0.15, 0.2) is 0 Å². The van der Waals surface area contributed by atoms with Crippen molar-refractivity contribution in [1.29, 1.82) is 0 Å². The maximum atomic E-state index is 13.1. The molecule has 4 nitrogen and oxygen atoms in total. The molecule has 1 heterocycles. The fourth-order valence-corrected chi connectivity index (χ4v) is 3.77. The molecule has 0 bridgehead atoms. The van der Waals surface area contributed by atoms with Gasteiger partial charge in [0.2, 0.25) is 11.8 Å². The average molecular weight is 280 g/mol. The fourth-order valence-electron chi connectivity index (χ4n) is 3.77. The Balaban J connectivity index is 2.29. The van der Waals surface area contributed by atoms with Gasteiger partial charge in [0.1, 0.15) is 5.54 Å². The molecule has 0 unspecified atom stereocenters. The molecule has 1 spiro atoms. The normalized spacial score (nSPS) is 23.6. The highest BCUT2D eigenvalue weighted by molar-refractivity contribution is 5.94. The van der Waals surface area contributed by atoms with Gasteiger partial charge in [0, 0.05) is 18.5 Å². The quantitative estimate of drug-likeness (QED) is 0.864. The van der Waals surface area contributed by atoms with Crippen molar-refractivity contribution in [2.45, 2.75) is 83.2 Å². The number of carbonyl (C=O) groups is 2. The third-order valence-corrected chi connectivity index (χ3v) is 4.90. The summed E-state index contributed by atoms with van der Waals surface area (Å²) in [5, 5.41) is 3.06. The summed E-state index contributed by atoms with van der Waals surface area (Å²) in [5.74, 6) is 0.191. The van der Waals surface area contributed by atoms with Crippen molar-refractivity contribution in [2.24, 2.45) is 0 Å². The lowest BCUT2D eigenvalue weighted by Gasteiger charge is -2.44. The van der Waals surface area contributed by atoms with Crippen LogP contribution in [0.15, 0.2) is 0 Å². The first-order valence-electron chi connectivity index (χ1n) is 8.04. The topological polar surface area (TPSA) is 49.4 Å². The zero-order chi connectivity index (χ0) is 14.8. The summed E-state index contributed by atoms with van der Waals surface area (Å²) in [4.78, 5) is 27.1. The molecule has 0 aromatic heterocycles. The lowest BCUT2D eigenvalue weighted by atomic mass is 9.79. The van der Waals surface area contributed by atoms with E-state index in [1.54, 1.807) is 0 Å². The van der Waals surface area contributed by atoms with Gasteiger partial charge in [0.05, 0.1) is 0 Å². The van der Waals surface area contributed by atoms with E-state index in [1.807, 2.05) is 4.90 Å². The van der Waals surface area contributed by atoms with Crippen LogP contribution >= 0.6 is 0 Å². The fraction of sp³-hybridized carbons (Fsp3) is 0.875. The Morgan fingerprint density at radius 3 is 2.45 bits per heavy atom. The Morgan fingerprint density at radius 1 is 1.20 bits per heavy atom. The Morgan fingerprint density at radius 2 is 1.85 bits per heavy atom. The van der Waals surface area contributed by atoms with E-state index in [0.717, 1.165) is 38.5 Å². The minimum absolute atomic E-state index is 0.0371. The molecule has 4 heteroatoms. The van der Waals surface area contributed by atoms with E-state index in [-0.39, 0.29) is 17.4 Å². The van der Waals surface area contributed by atoms with Gasteiger partial charge in [-0.15, -0.1) is 0 Å². The predicted octanol–water partition coefficient (Wildman–Crippen LogP) is 2.62. The lowest BCUT2D eigenvalue weighted by Crippen LogP contribution is -2.61. The maximum absolute atomic E-state index is 13.1. The molecule has 20 heavy (non-hydrogen) atoms. The molecule has 0 radical (unpaired) electrons. The molecule has 1 aliphatic heterocycles. The highest BCUT2D eigenvalue weighted by Crippen LogP contribution is 2.34. The predicted molar refractivity (Wildman–Crippen MR) is 79.3 cm³/mol. The molecular formula is C16H28N2O2. The monoisotopic (exact) mass is 280 g/mol. The Hall–Kier alpha value is -1.06. The second-order valence-electron chi connectivity index (χ2n) is 6.96. The summed E-state index contributed by atoms with van der Waals surface area (Å²) in [6.07, 6.45) is 7.30. The molecule has 1 N–H and O–H groups in total. The van der Waals surface area contributed by atoms with Gasteiger partial charge >= 0.3 is 0 Å². The van der Waals surface area contributed by atoms with Crippen molar-refractivity contribution in [3.05, 3.63) is 0 Å². The van der Waals surface area contributed by atoms with Crippen LogP contribution in [0, 0.1) is 0 Å². The van der Waals surface area contributed by atoms with E-state index in [1.165, 1.54) is 6.42 Å². The van der Waals surface area contributed by atoms with Crippen LogP contribution in [0.1, 0.15) is 72.1 Å². The summed E-state index contributed by atoms with van der Waals surface area (Å²) in [6, 6.07) is 0. The molecule has 2 amide bonds. The Labute approximate surface area is 122 Å². The standard InChI is InChI=1S/C16H28N2O2/c1-4-9-15(2,3)18-12-8-13(19)17-16(14(18)20)10-6-5-7-11-16/h4-12H2,1-3H3,(H,17,19). The first-order valence-corrected chi connectivity index (χ1v) is 8.04. The number of hydrogen-bond acceptors (Lipinski definition) is 2. The Kier molecular flexibility index (Phi) is 4.40. The second kappa shape index (κ2) is 5.74. The van der Waals surface area contributed by atoms with E-state index >= 15 is 0 Å². The molecule has 1 saturated heterocycles. The van der Waals surface area contributed by atoms with Crippen LogP contribution in [-0.2, 0) is 9.59 Å². The molecule has 0 aromatic carbocycles. The number of carbonyl (C=O) groups excluding carboxylic acids is 2. The summed E-state index contributed by atoms with van der Waals surface area (Å²) >= 11 is 0. The summed E-state index contributed by atoms with van der Waals surface area (Å²) in [7, 11) is 0. The zero-order valence-electron chi connectivity index (χ0n) is 13.1. The van der Waals surface area contributed by atoms with Gasteiger partial charge in [0.25, 0.3) is 0 Å². The van der Waals surface area contributed by atoms with Crippen LogP contribution in [0.3, 0.4) is 0 Å². The molecule has 114 valence electrons. The molecule has 2 fully saturated rings. The van der Waals surface area contributed by atoms with Crippen molar-refractivity contribution in [1.82, 2.24) is 10.2 Å². The summed E-state index contributed by atoms with van der Waals surface area (Å²) in [6.45, 7) is 6.95. The van der Waals surface area contributed by atoms with Crippen LogP contribution in [0.2, 0.25) is 0 Å². The number of nitrogens with one attached hydrogen (secondary N) is 1. The van der Waals surface area contributed by atoms with Gasteiger partial charge in [-0.05, 0) is 33.1 Å². The van der Waals surface area contributed by atoms with Crippen LogP contribution < -0.4 is 5.32 Å². The summed E-state index contributed by atoms with van der Waals surface area (Å²) < 4.78 is 0. The van der Waals surface area contributed by atoms with E-state index in [0.29, 0.717) is 13.0 Å². The molecule has 2 rings (SSSR count). The first kappa shape index (κ1) is 15.3. The van der Waals surface area contributed by atoms with Crippen LogP contribution in [0.5, 0.6) is 0 Å². The van der Waals surface area contributed by atoms with Gasteiger partial charge in [-0.2, -0.15) is 0 Å². The largest absolute Gasteiger partial charge is 0.342 e. The molecule has 1 saturated carbocycles. The third kappa shape index (κ3) is 2.84. The lowest BCUT2D eigenvalue weighted by molar-refractivity contribution is -0.145. The first-order chi connectivity index (χ1) is 9.41. The van der Waals surface area contributed by atoms with Gasteiger partial charge < -0.3 is 10.2 Å². The van der Waals surface area contributed by atoms with Gasteiger partial charge in [-0.1, -0.05) is 32.6 Å². The third-order valence-electron chi connectivity index (χ3n) is 4.90. The second-order valence-corrected chi connectivity index (χ2v) is 6.96. The van der Waals surface area contributed by atoms with Crippen LogP contribution in [0.4, 0.5) is 0 Å². The highest BCUT2D eigenvalue weighted by atomic mass is 16.2. The highest BCUT2D eigenvalue weighted by Gasteiger charge is 2.48. The average Bonchev–Trinajstić information content (AvgIpc) is 2.49.